The Bertz CT molecular complexity index is 456. The lowest BCUT2D eigenvalue weighted by molar-refractivity contribution is 0.101. The topological polar surface area (TPSA) is 48.6 Å². The van der Waals surface area contributed by atoms with E-state index in [1.807, 2.05) is 12.3 Å². The fourth-order valence-corrected chi connectivity index (χ4v) is 3.55. The first-order chi connectivity index (χ1) is 10.2. The Kier molecular flexibility index (Phi) is 4.73. The fraction of sp³-hybridized carbons (Fsp3) is 0.688. The number of likely N-dealkylation sites (N-methyl/N-ethyl adjacent to an activating group) is 1. The van der Waals surface area contributed by atoms with E-state index in [2.05, 4.69) is 32.7 Å². The summed E-state index contributed by atoms with van der Waals surface area (Å²) in [6.07, 6.45) is 3.11. The Labute approximate surface area is 127 Å². The van der Waals surface area contributed by atoms with Gasteiger partial charge < -0.3 is 10.6 Å². The molecule has 2 aliphatic rings. The van der Waals surface area contributed by atoms with Gasteiger partial charge in [-0.1, -0.05) is 6.92 Å². The summed E-state index contributed by atoms with van der Waals surface area (Å²) in [6.45, 7) is 11.7. The summed E-state index contributed by atoms with van der Waals surface area (Å²) < 4.78 is 0. The zero-order valence-corrected chi connectivity index (χ0v) is 13.0. The van der Waals surface area contributed by atoms with Gasteiger partial charge in [-0.2, -0.15) is 0 Å². The molecule has 2 fully saturated rings. The molecule has 1 aromatic heterocycles. The molecule has 0 unspecified atom stereocenters. The number of nitrogens with two attached hydrogens (primary N) is 1. The van der Waals surface area contributed by atoms with E-state index in [9.17, 15) is 0 Å². The summed E-state index contributed by atoms with van der Waals surface area (Å²) in [4.78, 5) is 11.8. The summed E-state index contributed by atoms with van der Waals surface area (Å²) in [5.41, 5.74) is 7.04. The maximum atomic E-state index is 5.76. The quantitative estimate of drug-likeness (QED) is 0.891. The fourth-order valence-electron chi connectivity index (χ4n) is 3.55. The molecule has 21 heavy (non-hydrogen) atoms. The summed E-state index contributed by atoms with van der Waals surface area (Å²) >= 11 is 0. The van der Waals surface area contributed by atoms with E-state index < -0.39 is 0 Å². The number of aromatic nitrogens is 1. The molecule has 2 aliphatic heterocycles. The molecule has 1 aromatic rings. The van der Waals surface area contributed by atoms with Crippen molar-refractivity contribution in [2.45, 2.75) is 25.9 Å². The Hall–Kier alpha value is -1.17. The SMILES string of the molecule is CCN1CCN([C@H]2CCN(Cc3ccnc(N)c3)C2)CC1. The van der Waals surface area contributed by atoms with Gasteiger partial charge in [0.15, 0.2) is 0 Å². The van der Waals surface area contributed by atoms with Crippen LogP contribution in [0.15, 0.2) is 18.3 Å². The minimum absolute atomic E-state index is 0.624. The molecule has 3 heterocycles. The van der Waals surface area contributed by atoms with Crippen molar-refractivity contribution in [3.63, 3.8) is 0 Å². The number of hydrogen-bond donors (Lipinski definition) is 1. The smallest absolute Gasteiger partial charge is 0.123 e. The van der Waals surface area contributed by atoms with Gasteiger partial charge >= 0.3 is 0 Å². The van der Waals surface area contributed by atoms with E-state index in [4.69, 9.17) is 5.73 Å². The molecule has 116 valence electrons. The first-order valence-electron chi connectivity index (χ1n) is 8.14. The first kappa shape index (κ1) is 14.8. The molecule has 5 heteroatoms. The summed E-state index contributed by atoms with van der Waals surface area (Å²) in [6, 6.07) is 4.81. The van der Waals surface area contributed by atoms with Gasteiger partial charge in [0, 0.05) is 58.1 Å². The van der Waals surface area contributed by atoms with Crippen molar-refractivity contribution in [3.05, 3.63) is 23.9 Å². The van der Waals surface area contributed by atoms with Crippen molar-refractivity contribution < 1.29 is 0 Å². The van der Waals surface area contributed by atoms with Crippen LogP contribution >= 0.6 is 0 Å². The van der Waals surface area contributed by atoms with E-state index in [1.165, 1.54) is 57.8 Å². The molecule has 0 aromatic carbocycles. The normalized spacial score (nSPS) is 25.5. The second kappa shape index (κ2) is 6.73. The molecule has 0 saturated carbocycles. The van der Waals surface area contributed by atoms with Crippen LogP contribution in [0.4, 0.5) is 5.82 Å². The number of rotatable bonds is 4. The van der Waals surface area contributed by atoms with Crippen molar-refractivity contribution >= 4 is 5.82 Å². The van der Waals surface area contributed by atoms with E-state index in [0.29, 0.717) is 5.82 Å². The number of piperazine rings is 1. The molecule has 0 amide bonds. The lowest BCUT2D eigenvalue weighted by Gasteiger charge is -2.37. The van der Waals surface area contributed by atoms with Crippen LogP contribution in [0.3, 0.4) is 0 Å². The van der Waals surface area contributed by atoms with Crippen LogP contribution in [0, 0.1) is 0 Å². The maximum Gasteiger partial charge on any atom is 0.123 e. The van der Waals surface area contributed by atoms with Gasteiger partial charge in [-0.3, -0.25) is 9.80 Å². The molecule has 0 radical (unpaired) electrons. The maximum absolute atomic E-state index is 5.76. The minimum Gasteiger partial charge on any atom is -0.384 e. The number of nitrogen functional groups attached to an aromatic ring is 1. The Morgan fingerprint density at radius 3 is 2.71 bits per heavy atom. The summed E-state index contributed by atoms with van der Waals surface area (Å²) in [7, 11) is 0. The van der Waals surface area contributed by atoms with Gasteiger partial charge in [0.1, 0.15) is 5.82 Å². The molecule has 5 nitrogen and oxygen atoms in total. The molecular formula is C16H27N5. The van der Waals surface area contributed by atoms with Gasteiger partial charge in [-0.25, -0.2) is 4.98 Å². The predicted octanol–water partition coefficient (Wildman–Crippen LogP) is 0.876. The van der Waals surface area contributed by atoms with Crippen LogP contribution in [-0.4, -0.2) is 71.5 Å². The van der Waals surface area contributed by atoms with Gasteiger partial charge in [0.05, 0.1) is 0 Å². The average molecular weight is 289 g/mol. The van der Waals surface area contributed by atoms with Crippen molar-refractivity contribution in [2.75, 3.05) is 51.5 Å². The number of anilines is 1. The average Bonchev–Trinajstić information content (AvgIpc) is 2.96. The molecule has 2 N–H and O–H groups in total. The summed E-state index contributed by atoms with van der Waals surface area (Å²) in [5.74, 6) is 0.624. The number of nitrogens with zero attached hydrogens (tertiary/aromatic N) is 4. The Balaban J connectivity index is 1.49. The van der Waals surface area contributed by atoms with E-state index in [-0.39, 0.29) is 0 Å². The van der Waals surface area contributed by atoms with Crippen LogP contribution < -0.4 is 5.73 Å². The highest BCUT2D eigenvalue weighted by Gasteiger charge is 2.29. The molecule has 0 aliphatic carbocycles. The molecule has 1 atom stereocenters. The first-order valence-corrected chi connectivity index (χ1v) is 8.14. The second-order valence-electron chi connectivity index (χ2n) is 6.24. The third-order valence-electron chi connectivity index (χ3n) is 4.87. The van der Waals surface area contributed by atoms with Crippen LogP contribution in [-0.2, 0) is 6.54 Å². The van der Waals surface area contributed by atoms with Gasteiger partial charge in [-0.05, 0) is 30.7 Å². The molecule has 2 saturated heterocycles. The van der Waals surface area contributed by atoms with Crippen molar-refractivity contribution in [1.29, 1.82) is 0 Å². The standard InChI is InChI=1S/C16H27N5/c1-2-19-7-9-21(10-8-19)15-4-6-20(13-15)12-14-3-5-18-16(17)11-14/h3,5,11,15H,2,4,6-10,12-13H2,1H3,(H2,17,18)/t15-/m0/s1. The number of hydrogen-bond acceptors (Lipinski definition) is 5. The highest BCUT2D eigenvalue weighted by atomic mass is 15.3. The lowest BCUT2D eigenvalue weighted by atomic mass is 10.2. The molecule has 0 bridgehead atoms. The van der Waals surface area contributed by atoms with Gasteiger partial charge in [-0.15, -0.1) is 0 Å². The van der Waals surface area contributed by atoms with Gasteiger partial charge in [0.2, 0.25) is 0 Å². The molecule has 0 spiro atoms. The second-order valence-corrected chi connectivity index (χ2v) is 6.24. The van der Waals surface area contributed by atoms with Crippen molar-refractivity contribution in [1.82, 2.24) is 19.7 Å². The third kappa shape index (κ3) is 3.73. The zero-order valence-electron chi connectivity index (χ0n) is 13.0. The Morgan fingerprint density at radius 2 is 2.00 bits per heavy atom. The third-order valence-corrected chi connectivity index (χ3v) is 4.87. The predicted molar refractivity (Wildman–Crippen MR) is 86.0 cm³/mol. The molecule has 3 rings (SSSR count). The van der Waals surface area contributed by atoms with E-state index in [0.717, 1.165) is 12.6 Å². The Morgan fingerprint density at radius 1 is 1.19 bits per heavy atom. The largest absolute Gasteiger partial charge is 0.384 e. The van der Waals surface area contributed by atoms with Crippen LogP contribution in [0.5, 0.6) is 0 Å². The lowest BCUT2D eigenvalue weighted by Crippen LogP contribution is -2.50. The van der Waals surface area contributed by atoms with Crippen LogP contribution in [0.2, 0.25) is 0 Å². The highest BCUT2D eigenvalue weighted by molar-refractivity contribution is 5.31. The van der Waals surface area contributed by atoms with Crippen LogP contribution in [0.1, 0.15) is 18.9 Å². The van der Waals surface area contributed by atoms with Crippen molar-refractivity contribution in [3.8, 4) is 0 Å². The minimum atomic E-state index is 0.624. The molecular weight excluding hydrogens is 262 g/mol. The number of pyridine rings is 1. The van der Waals surface area contributed by atoms with Crippen LogP contribution in [0.25, 0.3) is 0 Å². The van der Waals surface area contributed by atoms with Gasteiger partial charge in [0.25, 0.3) is 0 Å². The summed E-state index contributed by atoms with van der Waals surface area (Å²) in [5, 5.41) is 0. The number of likely N-dealkylation sites (tertiary alicyclic amines) is 1. The van der Waals surface area contributed by atoms with Crippen molar-refractivity contribution in [2.24, 2.45) is 0 Å². The highest BCUT2D eigenvalue weighted by Crippen LogP contribution is 2.19. The van der Waals surface area contributed by atoms with E-state index >= 15 is 0 Å². The zero-order chi connectivity index (χ0) is 14.7. The monoisotopic (exact) mass is 289 g/mol. The van der Waals surface area contributed by atoms with E-state index in [1.54, 1.807) is 0 Å².